The molecule has 1 aliphatic heterocycles. The number of guanidine groups is 1. The second-order valence-corrected chi connectivity index (χ2v) is 6.14. The van der Waals surface area contributed by atoms with E-state index < -0.39 is 12.6 Å². The number of hydrogen-bond donors (Lipinski definition) is 2. The van der Waals surface area contributed by atoms with Crippen molar-refractivity contribution in [3.05, 3.63) is 23.9 Å². The highest BCUT2D eigenvalue weighted by Gasteiger charge is 2.26. The first-order valence-corrected chi connectivity index (χ1v) is 8.69. The average molecular weight is 357 g/mol. The van der Waals surface area contributed by atoms with Crippen LogP contribution in [0.25, 0.3) is 0 Å². The van der Waals surface area contributed by atoms with Gasteiger partial charge in [0, 0.05) is 39.4 Å². The summed E-state index contributed by atoms with van der Waals surface area (Å²) in [5.74, 6) is 1.32. The van der Waals surface area contributed by atoms with Crippen LogP contribution in [0.2, 0.25) is 0 Å². The van der Waals surface area contributed by atoms with Crippen LogP contribution in [0.1, 0.15) is 37.7 Å². The van der Waals surface area contributed by atoms with Gasteiger partial charge in [-0.05, 0) is 30.5 Å². The molecule has 0 aromatic carbocycles. The number of aliphatic imine (C=N–C) groups is 1. The molecular weight excluding hydrogens is 331 g/mol. The van der Waals surface area contributed by atoms with Crippen LogP contribution in [0.15, 0.2) is 23.3 Å². The highest BCUT2D eigenvalue weighted by molar-refractivity contribution is 5.79. The average Bonchev–Trinajstić information content (AvgIpc) is 2.86. The van der Waals surface area contributed by atoms with E-state index in [0.717, 1.165) is 24.5 Å². The quantitative estimate of drug-likeness (QED) is 0.628. The predicted octanol–water partition coefficient (Wildman–Crippen LogP) is 3.08. The molecule has 140 valence electrons. The number of nitrogens with one attached hydrogen (secondary N) is 2. The molecule has 25 heavy (non-hydrogen) atoms. The Bertz CT molecular complexity index is 551. The Kier molecular flexibility index (Phi) is 7.33. The first-order valence-electron chi connectivity index (χ1n) is 8.69. The van der Waals surface area contributed by atoms with Crippen LogP contribution in [0.3, 0.4) is 0 Å². The number of anilines is 1. The van der Waals surface area contributed by atoms with E-state index in [9.17, 15) is 13.2 Å². The summed E-state index contributed by atoms with van der Waals surface area (Å²) in [6.07, 6.45) is 1.60. The minimum absolute atomic E-state index is 0.196. The second-order valence-electron chi connectivity index (χ2n) is 6.14. The van der Waals surface area contributed by atoms with Crippen molar-refractivity contribution in [2.75, 3.05) is 31.6 Å². The molecule has 0 spiro atoms. The number of alkyl halides is 3. The molecule has 0 unspecified atom stereocenters. The summed E-state index contributed by atoms with van der Waals surface area (Å²) in [7, 11) is 1.54. The molecule has 1 fully saturated rings. The zero-order chi connectivity index (χ0) is 18.1. The van der Waals surface area contributed by atoms with Crippen LogP contribution in [0.5, 0.6) is 0 Å². The Morgan fingerprint density at radius 1 is 1.20 bits per heavy atom. The fourth-order valence-electron chi connectivity index (χ4n) is 2.77. The first kappa shape index (κ1) is 19.3. The van der Waals surface area contributed by atoms with Crippen LogP contribution in [-0.2, 0) is 6.54 Å². The van der Waals surface area contributed by atoms with E-state index in [2.05, 4.69) is 25.5 Å². The van der Waals surface area contributed by atoms with Crippen molar-refractivity contribution in [3.8, 4) is 0 Å². The zero-order valence-electron chi connectivity index (χ0n) is 14.6. The van der Waals surface area contributed by atoms with Crippen molar-refractivity contribution in [1.29, 1.82) is 0 Å². The van der Waals surface area contributed by atoms with Gasteiger partial charge in [-0.3, -0.25) is 4.99 Å². The maximum atomic E-state index is 12.2. The normalized spacial score (nSPS) is 16.5. The number of pyridine rings is 1. The summed E-state index contributed by atoms with van der Waals surface area (Å²) in [6, 6.07) is 3.93. The molecular formula is C17H26F3N5. The number of nitrogens with zero attached hydrogens (tertiary/aromatic N) is 3. The number of aromatic nitrogens is 1. The number of hydrogen-bond acceptors (Lipinski definition) is 3. The summed E-state index contributed by atoms with van der Waals surface area (Å²) < 4.78 is 36.6. The van der Waals surface area contributed by atoms with E-state index in [1.807, 2.05) is 12.1 Å². The Morgan fingerprint density at radius 2 is 1.92 bits per heavy atom. The van der Waals surface area contributed by atoms with Crippen LogP contribution >= 0.6 is 0 Å². The molecule has 0 amide bonds. The van der Waals surface area contributed by atoms with Gasteiger partial charge in [0.1, 0.15) is 5.82 Å². The second kappa shape index (κ2) is 9.48. The van der Waals surface area contributed by atoms with Crippen molar-refractivity contribution in [1.82, 2.24) is 15.6 Å². The molecule has 1 saturated heterocycles. The van der Waals surface area contributed by atoms with E-state index in [-0.39, 0.29) is 6.54 Å². The molecule has 0 bridgehead atoms. The molecule has 1 aliphatic rings. The predicted molar refractivity (Wildman–Crippen MR) is 93.8 cm³/mol. The fourth-order valence-corrected chi connectivity index (χ4v) is 2.77. The molecule has 2 rings (SSSR count). The van der Waals surface area contributed by atoms with Gasteiger partial charge in [-0.1, -0.05) is 12.8 Å². The van der Waals surface area contributed by atoms with Crippen LogP contribution in [0, 0.1) is 0 Å². The number of rotatable bonds is 5. The van der Waals surface area contributed by atoms with Crippen molar-refractivity contribution in [3.63, 3.8) is 0 Å². The zero-order valence-corrected chi connectivity index (χ0v) is 14.6. The van der Waals surface area contributed by atoms with Gasteiger partial charge in [-0.2, -0.15) is 13.2 Å². The van der Waals surface area contributed by atoms with Gasteiger partial charge in [-0.25, -0.2) is 4.98 Å². The van der Waals surface area contributed by atoms with E-state index in [0.29, 0.717) is 12.5 Å². The molecule has 0 atom stereocenters. The van der Waals surface area contributed by atoms with Crippen molar-refractivity contribution < 1.29 is 13.2 Å². The summed E-state index contributed by atoms with van der Waals surface area (Å²) in [4.78, 5) is 10.7. The third-order valence-electron chi connectivity index (χ3n) is 4.12. The molecule has 5 nitrogen and oxygen atoms in total. The monoisotopic (exact) mass is 357 g/mol. The molecule has 2 N–H and O–H groups in total. The smallest absolute Gasteiger partial charge is 0.357 e. The summed E-state index contributed by atoms with van der Waals surface area (Å²) in [5.41, 5.74) is 1.02. The van der Waals surface area contributed by atoms with Gasteiger partial charge < -0.3 is 15.5 Å². The lowest BCUT2D eigenvalue weighted by atomic mass is 10.2. The maximum Gasteiger partial charge on any atom is 0.390 e. The SMILES string of the molecule is CN=C(NCCC(F)(F)F)NCc1ccnc(N2CCCCCC2)c1. The lowest BCUT2D eigenvalue weighted by Gasteiger charge is -2.22. The highest BCUT2D eigenvalue weighted by atomic mass is 19.4. The Hall–Kier alpha value is -1.99. The molecule has 1 aromatic rings. The third-order valence-corrected chi connectivity index (χ3v) is 4.12. The largest absolute Gasteiger partial charge is 0.390 e. The summed E-state index contributed by atoms with van der Waals surface area (Å²) in [5, 5.41) is 5.72. The standard InChI is InChI=1S/C17H26F3N5/c1-21-16(23-9-7-17(18,19)20)24-13-14-6-8-22-15(12-14)25-10-4-2-3-5-11-25/h6,8,12H,2-5,7,9-11,13H2,1H3,(H2,21,23,24). The van der Waals surface area contributed by atoms with E-state index in [4.69, 9.17) is 0 Å². The topological polar surface area (TPSA) is 52.6 Å². The Labute approximate surface area is 146 Å². The molecule has 0 saturated carbocycles. The van der Waals surface area contributed by atoms with Gasteiger partial charge in [0.15, 0.2) is 5.96 Å². The maximum absolute atomic E-state index is 12.2. The van der Waals surface area contributed by atoms with Gasteiger partial charge in [0.2, 0.25) is 0 Å². The van der Waals surface area contributed by atoms with Crippen LogP contribution in [-0.4, -0.2) is 43.8 Å². The minimum atomic E-state index is -4.17. The van der Waals surface area contributed by atoms with Gasteiger partial charge in [0.05, 0.1) is 6.42 Å². The van der Waals surface area contributed by atoms with E-state index in [1.54, 1.807) is 6.20 Å². The minimum Gasteiger partial charge on any atom is -0.357 e. The van der Waals surface area contributed by atoms with Crippen molar-refractivity contribution in [2.24, 2.45) is 4.99 Å². The Balaban J connectivity index is 1.86. The van der Waals surface area contributed by atoms with Crippen LogP contribution < -0.4 is 15.5 Å². The van der Waals surface area contributed by atoms with Crippen LogP contribution in [0.4, 0.5) is 19.0 Å². The molecule has 0 aliphatic carbocycles. The molecule has 8 heteroatoms. The molecule has 1 aromatic heterocycles. The van der Waals surface area contributed by atoms with Crippen molar-refractivity contribution >= 4 is 11.8 Å². The van der Waals surface area contributed by atoms with E-state index >= 15 is 0 Å². The first-order chi connectivity index (χ1) is 12.0. The van der Waals surface area contributed by atoms with Gasteiger partial charge in [0.25, 0.3) is 0 Å². The lowest BCUT2D eigenvalue weighted by molar-refractivity contribution is -0.132. The van der Waals surface area contributed by atoms with Gasteiger partial charge in [-0.15, -0.1) is 0 Å². The van der Waals surface area contributed by atoms with Gasteiger partial charge >= 0.3 is 6.18 Å². The Morgan fingerprint density at radius 3 is 2.56 bits per heavy atom. The molecule has 2 heterocycles. The highest BCUT2D eigenvalue weighted by Crippen LogP contribution is 2.19. The van der Waals surface area contributed by atoms with Crippen molar-refractivity contribution in [2.45, 2.75) is 44.8 Å². The third kappa shape index (κ3) is 7.19. The lowest BCUT2D eigenvalue weighted by Crippen LogP contribution is -2.38. The summed E-state index contributed by atoms with van der Waals surface area (Å²) >= 11 is 0. The number of halogens is 3. The summed E-state index contributed by atoms with van der Waals surface area (Å²) in [6.45, 7) is 2.32. The van der Waals surface area contributed by atoms with E-state index in [1.165, 1.54) is 32.7 Å². The fraction of sp³-hybridized carbons (Fsp3) is 0.647. The molecule has 0 radical (unpaired) electrons.